The Bertz CT molecular complexity index is 188. The van der Waals surface area contributed by atoms with E-state index in [-0.39, 0.29) is 30.4 Å². The van der Waals surface area contributed by atoms with E-state index < -0.39 is 0 Å². The molecule has 1 aliphatic rings. The van der Waals surface area contributed by atoms with Gasteiger partial charge in [-0.3, -0.25) is 0 Å². The Labute approximate surface area is 92.6 Å². The molecule has 3 unspecified atom stereocenters. The fourth-order valence-electron chi connectivity index (χ4n) is 1.94. The maximum atomic E-state index is 5.74. The Kier molecular flexibility index (Phi) is 5.05. The van der Waals surface area contributed by atoms with Crippen LogP contribution >= 0.6 is 0 Å². The molecule has 1 rings (SSSR count). The lowest BCUT2D eigenvalue weighted by molar-refractivity contribution is -0.0647. The van der Waals surface area contributed by atoms with Crippen LogP contribution in [0.2, 0.25) is 0 Å². The molecule has 15 heavy (non-hydrogen) atoms. The van der Waals surface area contributed by atoms with Crippen molar-refractivity contribution in [1.29, 1.82) is 0 Å². The van der Waals surface area contributed by atoms with Gasteiger partial charge in [0.1, 0.15) is 26.2 Å². The van der Waals surface area contributed by atoms with E-state index in [2.05, 4.69) is 0 Å². The Hall–Kier alpha value is -0.0951. The summed E-state index contributed by atoms with van der Waals surface area (Å²) in [7, 11) is 5.36. The summed E-state index contributed by atoms with van der Waals surface area (Å²) < 4.78 is 22.0. The largest absolute Gasteiger partial charge is 0.377 e. The molecule has 0 aromatic rings. The first-order chi connectivity index (χ1) is 7.10. The van der Waals surface area contributed by atoms with E-state index in [0.717, 1.165) is 0 Å². The fraction of sp³-hybridized carbons (Fsp3) is 1.00. The average molecular weight is 216 g/mol. The molecule has 0 aliphatic carbocycles. The predicted octanol–water partition coefficient (Wildman–Crippen LogP) is -0.201. The highest BCUT2D eigenvalue weighted by atomic mass is 16.6. The van der Waals surface area contributed by atoms with Gasteiger partial charge in [-0.05, 0) is 13.8 Å². The lowest BCUT2D eigenvalue weighted by Gasteiger charge is -2.21. The van der Waals surface area contributed by atoms with Crippen LogP contribution < -0.4 is 0 Å². The van der Waals surface area contributed by atoms with Crippen LogP contribution in [0.25, 0.3) is 0 Å². The SMILES string of the molecule is BC1OC(COC(C)C)C(OC)[C@H]1OC. The molecule has 0 radical (unpaired) electrons. The van der Waals surface area contributed by atoms with Crippen LogP contribution in [0.3, 0.4) is 0 Å². The first-order valence-corrected chi connectivity index (χ1v) is 5.42. The summed E-state index contributed by atoms with van der Waals surface area (Å²) in [5, 5.41) is 0. The normalized spacial score (nSPS) is 36.3. The summed E-state index contributed by atoms with van der Waals surface area (Å²) in [5.74, 6) is 0. The molecule has 1 aliphatic heterocycles. The van der Waals surface area contributed by atoms with Crippen molar-refractivity contribution in [2.75, 3.05) is 20.8 Å². The van der Waals surface area contributed by atoms with Crippen molar-refractivity contribution in [3.05, 3.63) is 0 Å². The van der Waals surface area contributed by atoms with Gasteiger partial charge in [0, 0.05) is 14.2 Å². The van der Waals surface area contributed by atoms with Crippen molar-refractivity contribution < 1.29 is 18.9 Å². The third-order valence-corrected chi connectivity index (χ3v) is 2.68. The van der Waals surface area contributed by atoms with Gasteiger partial charge in [-0.25, -0.2) is 0 Å². The molecule has 0 saturated carbocycles. The first kappa shape index (κ1) is 13.0. The lowest BCUT2D eigenvalue weighted by atomic mass is 9.93. The van der Waals surface area contributed by atoms with Crippen molar-refractivity contribution in [2.24, 2.45) is 0 Å². The summed E-state index contributed by atoms with van der Waals surface area (Å²) in [4.78, 5) is 0. The van der Waals surface area contributed by atoms with Gasteiger partial charge in [0.15, 0.2) is 0 Å². The molecule has 0 aromatic heterocycles. The molecular weight excluding hydrogens is 195 g/mol. The van der Waals surface area contributed by atoms with Crippen molar-refractivity contribution in [2.45, 2.75) is 44.3 Å². The van der Waals surface area contributed by atoms with Gasteiger partial charge >= 0.3 is 0 Å². The molecule has 4 atom stereocenters. The molecule has 0 spiro atoms. The van der Waals surface area contributed by atoms with E-state index in [0.29, 0.717) is 6.61 Å². The standard InChI is InChI=1S/C10H21BO4/c1-6(2)14-5-7-8(12-3)9(13-4)10(11)15-7/h6-10H,5,11H2,1-4H3/t7?,8?,9-,10?/m1/s1. The van der Waals surface area contributed by atoms with Crippen LogP contribution in [0.1, 0.15) is 13.8 Å². The Morgan fingerprint density at radius 2 is 1.80 bits per heavy atom. The summed E-state index contributed by atoms with van der Waals surface area (Å²) in [6.45, 7) is 4.57. The fourth-order valence-corrected chi connectivity index (χ4v) is 1.94. The van der Waals surface area contributed by atoms with Gasteiger partial charge in [-0.1, -0.05) is 0 Å². The monoisotopic (exact) mass is 216 g/mol. The number of methoxy groups -OCH3 is 2. The minimum atomic E-state index is -0.0382. The van der Waals surface area contributed by atoms with E-state index in [1.165, 1.54) is 0 Å². The first-order valence-electron chi connectivity index (χ1n) is 5.42. The molecule has 0 amide bonds. The second kappa shape index (κ2) is 5.84. The average Bonchev–Trinajstić information content (AvgIpc) is 2.50. The van der Waals surface area contributed by atoms with Gasteiger partial charge in [-0.15, -0.1) is 0 Å². The highest BCUT2D eigenvalue weighted by molar-refractivity contribution is 6.11. The zero-order valence-corrected chi connectivity index (χ0v) is 10.2. The molecule has 0 aromatic carbocycles. The van der Waals surface area contributed by atoms with Gasteiger partial charge < -0.3 is 18.9 Å². The molecule has 88 valence electrons. The molecule has 1 heterocycles. The molecule has 1 fully saturated rings. The van der Waals surface area contributed by atoms with E-state index >= 15 is 0 Å². The van der Waals surface area contributed by atoms with Gasteiger partial charge in [0.05, 0.1) is 18.7 Å². The minimum Gasteiger partial charge on any atom is -0.377 e. The van der Waals surface area contributed by atoms with Crippen molar-refractivity contribution in [1.82, 2.24) is 0 Å². The predicted molar refractivity (Wildman–Crippen MR) is 59.9 cm³/mol. The van der Waals surface area contributed by atoms with Crippen molar-refractivity contribution in [3.63, 3.8) is 0 Å². The van der Waals surface area contributed by atoms with E-state index in [4.69, 9.17) is 18.9 Å². The van der Waals surface area contributed by atoms with Crippen LogP contribution in [0.4, 0.5) is 0 Å². The highest BCUT2D eigenvalue weighted by Crippen LogP contribution is 2.24. The smallest absolute Gasteiger partial charge is 0.142 e. The van der Waals surface area contributed by atoms with Crippen molar-refractivity contribution >= 4 is 7.85 Å². The second-order valence-corrected chi connectivity index (χ2v) is 4.16. The quantitative estimate of drug-likeness (QED) is 0.596. The van der Waals surface area contributed by atoms with Crippen molar-refractivity contribution in [3.8, 4) is 0 Å². The molecule has 5 heteroatoms. The third-order valence-electron chi connectivity index (χ3n) is 2.68. The maximum absolute atomic E-state index is 5.74. The number of hydrogen-bond donors (Lipinski definition) is 0. The van der Waals surface area contributed by atoms with Crippen LogP contribution in [0, 0.1) is 0 Å². The molecule has 0 N–H and O–H groups in total. The van der Waals surface area contributed by atoms with Gasteiger partial charge in [-0.2, -0.15) is 0 Å². The highest BCUT2D eigenvalue weighted by Gasteiger charge is 2.42. The van der Waals surface area contributed by atoms with Crippen LogP contribution in [-0.2, 0) is 18.9 Å². The second-order valence-electron chi connectivity index (χ2n) is 4.16. The summed E-state index contributed by atoms with van der Waals surface area (Å²) in [6, 6.07) is 0.0562. The van der Waals surface area contributed by atoms with Crippen LogP contribution in [0.5, 0.6) is 0 Å². The lowest BCUT2D eigenvalue weighted by Crippen LogP contribution is -2.38. The number of ether oxygens (including phenoxy) is 4. The number of rotatable bonds is 5. The van der Waals surface area contributed by atoms with E-state index in [1.54, 1.807) is 14.2 Å². The van der Waals surface area contributed by atoms with E-state index in [9.17, 15) is 0 Å². The van der Waals surface area contributed by atoms with Gasteiger partial charge in [0.2, 0.25) is 0 Å². The molecular formula is C10H21BO4. The number of hydrogen-bond acceptors (Lipinski definition) is 4. The Morgan fingerprint density at radius 1 is 1.20 bits per heavy atom. The summed E-state index contributed by atoms with van der Waals surface area (Å²) in [5.41, 5.74) is 0. The maximum Gasteiger partial charge on any atom is 0.142 e. The minimum absolute atomic E-state index is 0.00392. The zero-order valence-electron chi connectivity index (χ0n) is 10.2. The van der Waals surface area contributed by atoms with Crippen LogP contribution in [0.15, 0.2) is 0 Å². The topological polar surface area (TPSA) is 36.9 Å². The molecule has 4 nitrogen and oxygen atoms in total. The zero-order chi connectivity index (χ0) is 11.4. The summed E-state index contributed by atoms with van der Waals surface area (Å²) in [6.07, 6.45) is 0.139. The van der Waals surface area contributed by atoms with E-state index in [1.807, 2.05) is 21.7 Å². The molecule has 0 bridgehead atoms. The Balaban J connectivity index is 2.50. The summed E-state index contributed by atoms with van der Waals surface area (Å²) >= 11 is 0. The molecule has 1 saturated heterocycles. The third kappa shape index (κ3) is 3.18. The van der Waals surface area contributed by atoms with Crippen LogP contribution in [-0.4, -0.2) is 59.1 Å². The Morgan fingerprint density at radius 3 is 2.27 bits per heavy atom. The van der Waals surface area contributed by atoms with Gasteiger partial charge in [0.25, 0.3) is 0 Å².